The Morgan fingerprint density at radius 1 is 1.35 bits per heavy atom. The molecule has 0 amide bonds. The van der Waals surface area contributed by atoms with E-state index in [1.807, 2.05) is 18.3 Å². The average molecular weight is 230 g/mol. The van der Waals surface area contributed by atoms with Crippen LogP contribution in [-0.2, 0) is 0 Å². The van der Waals surface area contributed by atoms with Crippen LogP contribution in [0.4, 0.5) is 0 Å². The van der Waals surface area contributed by atoms with Gasteiger partial charge in [-0.2, -0.15) is 5.10 Å². The van der Waals surface area contributed by atoms with Crippen LogP contribution in [-0.4, -0.2) is 27.3 Å². The van der Waals surface area contributed by atoms with Crippen molar-refractivity contribution in [2.75, 3.05) is 6.61 Å². The van der Waals surface area contributed by atoms with E-state index in [2.05, 4.69) is 15.2 Å². The highest BCUT2D eigenvalue weighted by Crippen LogP contribution is 2.32. The second-order valence-electron chi connectivity index (χ2n) is 4.52. The summed E-state index contributed by atoms with van der Waals surface area (Å²) in [7, 11) is 0. The van der Waals surface area contributed by atoms with Crippen molar-refractivity contribution in [1.29, 1.82) is 0 Å². The highest BCUT2D eigenvalue weighted by Gasteiger charge is 2.39. The van der Waals surface area contributed by atoms with Crippen molar-refractivity contribution in [3.63, 3.8) is 0 Å². The summed E-state index contributed by atoms with van der Waals surface area (Å²) in [6, 6.07) is 3.82. The number of nitrogens with zero attached hydrogens (tertiary/aromatic N) is 2. The molecule has 88 valence electrons. The minimum absolute atomic E-state index is 0.0940. The molecule has 2 aromatic rings. The van der Waals surface area contributed by atoms with Gasteiger partial charge in [0.2, 0.25) is 0 Å². The predicted molar refractivity (Wildman–Crippen MR) is 63.5 cm³/mol. The van der Waals surface area contributed by atoms with Crippen LogP contribution in [0.5, 0.6) is 5.75 Å². The molecule has 0 unspecified atom stereocenters. The van der Waals surface area contributed by atoms with Crippen molar-refractivity contribution in [1.82, 2.24) is 15.2 Å². The minimum atomic E-state index is -0.0940. The number of aromatic amines is 1. The van der Waals surface area contributed by atoms with Gasteiger partial charge in [0.25, 0.3) is 0 Å². The molecule has 0 aromatic carbocycles. The van der Waals surface area contributed by atoms with Crippen molar-refractivity contribution >= 4 is 0 Å². The zero-order chi connectivity index (χ0) is 11.7. The molecule has 0 aliphatic heterocycles. The first-order valence-electron chi connectivity index (χ1n) is 5.62. The summed E-state index contributed by atoms with van der Waals surface area (Å²) in [4.78, 5) is 4.32. The maximum absolute atomic E-state index is 5.94. The predicted octanol–water partition coefficient (Wildman–Crippen LogP) is 1.34. The smallest absolute Gasteiger partial charge is 0.137 e. The summed E-state index contributed by atoms with van der Waals surface area (Å²) in [6.07, 6.45) is 7.36. The molecule has 3 N–H and O–H groups in total. The van der Waals surface area contributed by atoms with E-state index < -0.39 is 0 Å². The Morgan fingerprint density at radius 3 is 2.82 bits per heavy atom. The van der Waals surface area contributed by atoms with E-state index in [0.717, 1.165) is 29.8 Å². The fourth-order valence-electron chi connectivity index (χ4n) is 1.56. The van der Waals surface area contributed by atoms with Crippen LogP contribution in [0.15, 0.2) is 30.7 Å². The normalized spacial score (nSPS) is 16.8. The number of nitrogens with two attached hydrogens (primary N) is 1. The van der Waals surface area contributed by atoms with Gasteiger partial charge >= 0.3 is 0 Å². The number of hydrogen-bond donors (Lipinski definition) is 2. The summed E-state index contributed by atoms with van der Waals surface area (Å²) < 4.78 is 5.59. The van der Waals surface area contributed by atoms with Crippen LogP contribution >= 0.6 is 0 Å². The molecule has 2 heterocycles. The van der Waals surface area contributed by atoms with Crippen molar-refractivity contribution in [3.05, 3.63) is 30.7 Å². The molecule has 2 aromatic heterocycles. The van der Waals surface area contributed by atoms with Crippen molar-refractivity contribution in [2.45, 2.75) is 18.4 Å². The van der Waals surface area contributed by atoms with Crippen LogP contribution in [0.2, 0.25) is 0 Å². The quantitative estimate of drug-likeness (QED) is 0.831. The summed E-state index contributed by atoms with van der Waals surface area (Å²) in [5.41, 5.74) is 7.69. The molecule has 0 radical (unpaired) electrons. The van der Waals surface area contributed by atoms with E-state index in [-0.39, 0.29) is 5.54 Å². The van der Waals surface area contributed by atoms with Gasteiger partial charge in [-0.3, -0.25) is 10.1 Å². The summed E-state index contributed by atoms with van der Waals surface area (Å²) in [6.45, 7) is 0.569. The number of ether oxygens (including phenoxy) is 1. The van der Waals surface area contributed by atoms with E-state index in [1.165, 1.54) is 0 Å². The SMILES string of the molecule is NC1(COc2ccc(-c3cn[nH]c3)nc2)CC1. The first-order chi connectivity index (χ1) is 8.25. The molecular formula is C12H14N4O. The Kier molecular flexibility index (Phi) is 2.33. The second-order valence-corrected chi connectivity index (χ2v) is 4.52. The lowest BCUT2D eigenvalue weighted by atomic mass is 10.2. The summed E-state index contributed by atoms with van der Waals surface area (Å²) in [5.74, 6) is 0.758. The van der Waals surface area contributed by atoms with Crippen molar-refractivity contribution in [2.24, 2.45) is 5.73 Å². The van der Waals surface area contributed by atoms with Crippen LogP contribution in [0.1, 0.15) is 12.8 Å². The first-order valence-corrected chi connectivity index (χ1v) is 5.62. The van der Waals surface area contributed by atoms with Gasteiger partial charge in [0.1, 0.15) is 12.4 Å². The van der Waals surface area contributed by atoms with Crippen molar-refractivity contribution < 1.29 is 4.74 Å². The molecule has 17 heavy (non-hydrogen) atoms. The molecule has 5 heteroatoms. The van der Waals surface area contributed by atoms with Gasteiger partial charge in [0, 0.05) is 11.8 Å². The summed E-state index contributed by atoms with van der Waals surface area (Å²) in [5, 5.41) is 6.64. The third kappa shape index (κ3) is 2.29. The van der Waals surface area contributed by atoms with Crippen molar-refractivity contribution in [3.8, 4) is 17.0 Å². The Bertz CT molecular complexity index is 488. The van der Waals surface area contributed by atoms with Gasteiger partial charge in [-0.05, 0) is 25.0 Å². The van der Waals surface area contributed by atoms with E-state index in [4.69, 9.17) is 10.5 Å². The first kappa shape index (κ1) is 10.3. The Balaban J connectivity index is 1.67. The van der Waals surface area contributed by atoms with E-state index in [1.54, 1.807) is 12.4 Å². The van der Waals surface area contributed by atoms with E-state index in [0.29, 0.717) is 6.61 Å². The van der Waals surface area contributed by atoms with Crippen LogP contribution in [0.25, 0.3) is 11.3 Å². The maximum atomic E-state index is 5.94. The lowest BCUT2D eigenvalue weighted by Crippen LogP contribution is -2.29. The average Bonchev–Trinajstić information content (AvgIpc) is 2.89. The number of H-pyrrole nitrogens is 1. The zero-order valence-corrected chi connectivity index (χ0v) is 9.39. The van der Waals surface area contributed by atoms with E-state index in [9.17, 15) is 0 Å². The van der Waals surface area contributed by atoms with Gasteiger partial charge in [-0.25, -0.2) is 0 Å². The molecular weight excluding hydrogens is 216 g/mol. The third-order valence-corrected chi connectivity index (χ3v) is 2.95. The maximum Gasteiger partial charge on any atom is 0.137 e. The highest BCUT2D eigenvalue weighted by molar-refractivity contribution is 5.56. The third-order valence-electron chi connectivity index (χ3n) is 2.95. The fraction of sp³-hybridized carbons (Fsp3) is 0.333. The Morgan fingerprint density at radius 2 is 2.24 bits per heavy atom. The van der Waals surface area contributed by atoms with E-state index >= 15 is 0 Å². The molecule has 1 fully saturated rings. The standard InChI is InChI=1S/C12H14N4O/c13-12(3-4-12)8-17-10-1-2-11(14-7-10)9-5-15-16-6-9/h1-2,5-7H,3-4,8,13H2,(H,15,16). The molecule has 1 aliphatic rings. The molecule has 5 nitrogen and oxygen atoms in total. The number of nitrogens with one attached hydrogen (secondary N) is 1. The van der Waals surface area contributed by atoms with Gasteiger partial charge < -0.3 is 10.5 Å². The molecule has 1 saturated carbocycles. The van der Waals surface area contributed by atoms with Gasteiger partial charge in [-0.15, -0.1) is 0 Å². The van der Waals surface area contributed by atoms with Gasteiger partial charge in [-0.1, -0.05) is 0 Å². The molecule has 1 aliphatic carbocycles. The van der Waals surface area contributed by atoms with Crippen LogP contribution in [0, 0.1) is 0 Å². The monoisotopic (exact) mass is 230 g/mol. The number of aromatic nitrogens is 3. The fourth-order valence-corrected chi connectivity index (χ4v) is 1.56. The molecule has 0 spiro atoms. The van der Waals surface area contributed by atoms with Crippen LogP contribution < -0.4 is 10.5 Å². The zero-order valence-electron chi connectivity index (χ0n) is 9.39. The number of hydrogen-bond acceptors (Lipinski definition) is 4. The van der Waals surface area contributed by atoms with Gasteiger partial charge in [0.05, 0.1) is 23.6 Å². The lowest BCUT2D eigenvalue weighted by Gasteiger charge is -2.10. The minimum Gasteiger partial charge on any atom is -0.490 e. The van der Waals surface area contributed by atoms with Gasteiger partial charge in [0.15, 0.2) is 0 Å². The number of rotatable bonds is 4. The highest BCUT2D eigenvalue weighted by atomic mass is 16.5. The molecule has 0 saturated heterocycles. The second kappa shape index (κ2) is 3.85. The molecule has 0 atom stereocenters. The Labute approximate surface area is 99.0 Å². The van der Waals surface area contributed by atoms with Crippen LogP contribution in [0.3, 0.4) is 0 Å². The lowest BCUT2D eigenvalue weighted by molar-refractivity contribution is 0.278. The summed E-state index contributed by atoms with van der Waals surface area (Å²) >= 11 is 0. The largest absolute Gasteiger partial charge is 0.490 e. The topological polar surface area (TPSA) is 76.8 Å². The molecule has 3 rings (SSSR count). The number of pyridine rings is 1. The Hall–Kier alpha value is -1.88. The molecule has 0 bridgehead atoms.